The first-order valence-corrected chi connectivity index (χ1v) is 12.0. The number of nitrogens with one attached hydrogen (secondary N) is 2. The quantitative estimate of drug-likeness (QED) is 0.440. The van der Waals surface area contributed by atoms with Crippen LogP contribution in [0.3, 0.4) is 0 Å². The molecule has 174 valence electrons. The molecule has 2 aromatic heterocycles. The highest BCUT2D eigenvalue weighted by Crippen LogP contribution is 2.24. The zero-order valence-electron chi connectivity index (χ0n) is 18.8. The van der Waals surface area contributed by atoms with Crippen molar-refractivity contribution in [1.29, 1.82) is 0 Å². The van der Waals surface area contributed by atoms with Crippen molar-refractivity contribution in [3.63, 3.8) is 0 Å². The van der Waals surface area contributed by atoms with Gasteiger partial charge < -0.3 is 19.9 Å². The molecule has 0 unspecified atom stereocenters. The number of morpholine rings is 1. The molecule has 0 aliphatic carbocycles. The second kappa shape index (κ2) is 9.66. The van der Waals surface area contributed by atoms with Crippen molar-refractivity contribution in [3.05, 3.63) is 76.0 Å². The normalized spacial score (nSPS) is 13.7. The predicted octanol–water partition coefficient (Wildman–Crippen LogP) is 3.99. The van der Waals surface area contributed by atoms with Crippen LogP contribution in [0.4, 0.5) is 11.5 Å². The van der Waals surface area contributed by atoms with E-state index in [1.54, 1.807) is 41.5 Å². The smallest absolute Gasteiger partial charge is 0.256 e. The van der Waals surface area contributed by atoms with Crippen molar-refractivity contribution < 1.29 is 14.3 Å². The van der Waals surface area contributed by atoms with Crippen LogP contribution < -0.4 is 10.2 Å². The lowest BCUT2D eigenvalue weighted by molar-refractivity contribution is 0.0786. The first-order chi connectivity index (χ1) is 16.6. The molecular formula is C25H25N5O3S. The number of amides is 2. The third kappa shape index (κ3) is 4.66. The van der Waals surface area contributed by atoms with Crippen LogP contribution >= 0.6 is 11.3 Å². The van der Waals surface area contributed by atoms with E-state index in [1.165, 1.54) is 0 Å². The number of benzene rings is 2. The van der Waals surface area contributed by atoms with Crippen LogP contribution in [0.15, 0.2) is 60.0 Å². The van der Waals surface area contributed by atoms with Gasteiger partial charge in [0.15, 0.2) is 5.82 Å². The van der Waals surface area contributed by atoms with Crippen molar-refractivity contribution in [2.45, 2.75) is 6.54 Å². The zero-order chi connectivity index (χ0) is 23.5. The molecule has 0 saturated carbocycles. The second-order valence-electron chi connectivity index (χ2n) is 8.17. The molecule has 4 aromatic rings. The highest BCUT2D eigenvalue weighted by Gasteiger charge is 2.17. The van der Waals surface area contributed by atoms with Gasteiger partial charge in [0.25, 0.3) is 11.8 Å². The Bertz CT molecular complexity index is 1290. The van der Waals surface area contributed by atoms with Gasteiger partial charge in [-0.3, -0.25) is 14.7 Å². The van der Waals surface area contributed by atoms with E-state index in [4.69, 9.17) is 4.74 Å². The van der Waals surface area contributed by atoms with E-state index in [2.05, 4.69) is 20.4 Å². The van der Waals surface area contributed by atoms with Gasteiger partial charge in [0.05, 0.1) is 25.3 Å². The Morgan fingerprint density at radius 2 is 1.88 bits per heavy atom. The molecule has 1 aliphatic rings. The minimum atomic E-state index is -0.256. The van der Waals surface area contributed by atoms with E-state index in [-0.39, 0.29) is 11.8 Å². The number of hydrogen-bond donors (Lipinski definition) is 2. The number of fused-ring (bicyclic) bond motifs is 1. The van der Waals surface area contributed by atoms with E-state index in [1.807, 2.05) is 41.8 Å². The number of hydrogen-bond acceptors (Lipinski definition) is 6. The highest BCUT2D eigenvalue weighted by atomic mass is 32.1. The largest absolute Gasteiger partial charge is 0.378 e. The van der Waals surface area contributed by atoms with Gasteiger partial charge in [-0.2, -0.15) is 5.10 Å². The average molecular weight is 476 g/mol. The van der Waals surface area contributed by atoms with Crippen LogP contribution in [0.2, 0.25) is 0 Å². The van der Waals surface area contributed by atoms with Gasteiger partial charge in [-0.15, -0.1) is 11.3 Å². The Labute approximate surface area is 201 Å². The van der Waals surface area contributed by atoms with Crippen LogP contribution in [0, 0.1) is 0 Å². The number of aromatic nitrogens is 2. The maximum absolute atomic E-state index is 13.0. The van der Waals surface area contributed by atoms with E-state index in [0.29, 0.717) is 42.1 Å². The molecule has 9 heteroatoms. The fraction of sp³-hybridized carbons (Fsp3) is 0.240. The molecule has 2 N–H and O–H groups in total. The van der Waals surface area contributed by atoms with Crippen molar-refractivity contribution in [1.82, 2.24) is 15.1 Å². The zero-order valence-corrected chi connectivity index (χ0v) is 19.6. The molecule has 2 amide bonds. The number of rotatable bonds is 6. The topological polar surface area (TPSA) is 90.6 Å². The molecule has 34 heavy (non-hydrogen) atoms. The molecule has 0 bridgehead atoms. The van der Waals surface area contributed by atoms with Crippen LogP contribution in [-0.4, -0.2) is 60.3 Å². The number of thiophene rings is 1. The lowest BCUT2D eigenvalue weighted by Crippen LogP contribution is -2.36. The standard InChI is InChI=1S/C25H25N5O3S/c1-29(16-20-3-2-14-34-20)25(32)18-6-9-22-21(15-18)23(28-27-22)26-24(31)17-4-7-19(8-5-17)30-10-12-33-13-11-30/h2-9,14-15H,10-13,16H2,1H3,(H2,26,27,28,31). The third-order valence-electron chi connectivity index (χ3n) is 5.87. The average Bonchev–Trinajstić information content (AvgIpc) is 3.54. The number of nitrogens with zero attached hydrogens (tertiary/aromatic N) is 3. The molecule has 0 radical (unpaired) electrons. The summed E-state index contributed by atoms with van der Waals surface area (Å²) >= 11 is 1.62. The van der Waals surface area contributed by atoms with Gasteiger partial charge >= 0.3 is 0 Å². The van der Waals surface area contributed by atoms with E-state index in [9.17, 15) is 9.59 Å². The lowest BCUT2D eigenvalue weighted by atomic mass is 10.1. The number of carbonyl (C=O) groups is 2. The fourth-order valence-electron chi connectivity index (χ4n) is 4.00. The molecule has 5 rings (SSSR count). The summed E-state index contributed by atoms with van der Waals surface area (Å²) in [7, 11) is 1.78. The molecule has 0 spiro atoms. The van der Waals surface area contributed by atoms with E-state index < -0.39 is 0 Å². The number of carbonyl (C=O) groups excluding carboxylic acids is 2. The monoisotopic (exact) mass is 475 g/mol. The van der Waals surface area contributed by atoms with E-state index >= 15 is 0 Å². The number of anilines is 2. The van der Waals surface area contributed by atoms with Gasteiger partial charge in [0.2, 0.25) is 0 Å². The van der Waals surface area contributed by atoms with E-state index in [0.717, 1.165) is 29.2 Å². The Hall–Kier alpha value is -3.69. The summed E-state index contributed by atoms with van der Waals surface area (Å²) in [5.41, 5.74) is 2.89. The maximum Gasteiger partial charge on any atom is 0.256 e. The summed E-state index contributed by atoms with van der Waals surface area (Å²) < 4.78 is 5.40. The molecular weight excluding hydrogens is 450 g/mol. The van der Waals surface area contributed by atoms with Gasteiger partial charge in [-0.05, 0) is 53.9 Å². The molecule has 8 nitrogen and oxygen atoms in total. The third-order valence-corrected chi connectivity index (χ3v) is 6.73. The van der Waals surface area contributed by atoms with Crippen LogP contribution in [0.25, 0.3) is 10.9 Å². The molecule has 1 saturated heterocycles. The highest BCUT2D eigenvalue weighted by molar-refractivity contribution is 7.09. The van der Waals surface area contributed by atoms with Crippen LogP contribution in [0.5, 0.6) is 0 Å². The summed E-state index contributed by atoms with van der Waals surface area (Å²) in [6, 6.07) is 16.8. The van der Waals surface area contributed by atoms with Gasteiger partial charge in [0.1, 0.15) is 0 Å². The SMILES string of the molecule is CN(Cc1cccs1)C(=O)c1ccc2[nH]nc(NC(=O)c3ccc(N4CCOCC4)cc3)c2c1. The van der Waals surface area contributed by atoms with Gasteiger partial charge in [0, 0.05) is 47.2 Å². The van der Waals surface area contributed by atoms with Crippen molar-refractivity contribution in [2.24, 2.45) is 0 Å². The maximum atomic E-state index is 13.0. The second-order valence-corrected chi connectivity index (χ2v) is 9.21. The molecule has 1 fully saturated rings. The molecule has 0 atom stereocenters. The van der Waals surface area contributed by atoms with Gasteiger partial charge in [-0.1, -0.05) is 6.07 Å². The minimum absolute atomic E-state index is 0.0903. The van der Waals surface area contributed by atoms with Crippen molar-refractivity contribution >= 4 is 45.6 Å². The fourth-order valence-corrected chi connectivity index (χ4v) is 4.75. The van der Waals surface area contributed by atoms with Crippen molar-refractivity contribution in [2.75, 3.05) is 43.6 Å². The summed E-state index contributed by atoms with van der Waals surface area (Å²) in [4.78, 5) is 30.9. The summed E-state index contributed by atoms with van der Waals surface area (Å²) in [6.45, 7) is 3.65. The Kier molecular flexibility index (Phi) is 6.29. The molecule has 3 heterocycles. The summed E-state index contributed by atoms with van der Waals surface area (Å²) in [6.07, 6.45) is 0. The predicted molar refractivity (Wildman–Crippen MR) is 134 cm³/mol. The molecule has 2 aromatic carbocycles. The first kappa shape index (κ1) is 22.1. The number of H-pyrrole nitrogens is 1. The summed E-state index contributed by atoms with van der Waals surface area (Å²) in [5, 5.41) is 12.7. The number of ether oxygens (including phenoxy) is 1. The lowest BCUT2D eigenvalue weighted by Gasteiger charge is -2.28. The van der Waals surface area contributed by atoms with Crippen LogP contribution in [0.1, 0.15) is 25.6 Å². The Morgan fingerprint density at radius 3 is 2.62 bits per heavy atom. The van der Waals surface area contributed by atoms with Crippen molar-refractivity contribution in [3.8, 4) is 0 Å². The van der Waals surface area contributed by atoms with Gasteiger partial charge in [-0.25, -0.2) is 0 Å². The summed E-state index contributed by atoms with van der Waals surface area (Å²) in [5.74, 6) is 0.0498. The Balaban J connectivity index is 1.30. The van der Waals surface area contributed by atoms with Crippen LogP contribution in [-0.2, 0) is 11.3 Å². The first-order valence-electron chi connectivity index (χ1n) is 11.1. The number of aromatic amines is 1. The Morgan fingerprint density at radius 1 is 1.12 bits per heavy atom. The molecule has 1 aliphatic heterocycles. The minimum Gasteiger partial charge on any atom is -0.378 e.